The van der Waals surface area contributed by atoms with Crippen LogP contribution in [-0.2, 0) is 4.74 Å². The molecule has 2 aliphatic carbocycles. The summed E-state index contributed by atoms with van der Waals surface area (Å²) in [6, 6.07) is -0.354. The first-order valence-corrected chi connectivity index (χ1v) is 11.3. The van der Waals surface area contributed by atoms with E-state index in [1.807, 2.05) is 6.92 Å². The number of hydrogen-bond acceptors (Lipinski definition) is 4. The molecule has 0 aromatic carbocycles. The van der Waals surface area contributed by atoms with Crippen molar-refractivity contribution in [3.63, 3.8) is 0 Å². The molecule has 0 radical (unpaired) electrons. The lowest BCUT2D eigenvalue weighted by Gasteiger charge is -2.58. The molecule has 0 amide bonds. The second-order valence-corrected chi connectivity index (χ2v) is 11.1. The molecule has 8 atom stereocenters. The van der Waals surface area contributed by atoms with Gasteiger partial charge in [0.2, 0.25) is 5.54 Å². The standard InChI is InChI=1S/C22H33ClN2O2S/c1-19(2)16(23)9-12-22(5,27-19)15-7-10-20(3,24-6)14-8-11-21(4,26)18(17(14)15)25-13-28/h14-18,26H,7-12H2,1-5H3/t14-,15-,16+,17-,18+,20-,21+,22+/m0/s1. The zero-order valence-electron chi connectivity index (χ0n) is 17.7. The van der Waals surface area contributed by atoms with Crippen molar-refractivity contribution in [2.24, 2.45) is 22.7 Å². The van der Waals surface area contributed by atoms with Crippen LogP contribution in [0.4, 0.5) is 0 Å². The zero-order valence-corrected chi connectivity index (χ0v) is 19.2. The Morgan fingerprint density at radius 3 is 2.32 bits per heavy atom. The maximum atomic E-state index is 11.2. The molecule has 3 rings (SSSR count). The van der Waals surface area contributed by atoms with Crippen LogP contribution in [0.5, 0.6) is 0 Å². The van der Waals surface area contributed by atoms with Gasteiger partial charge in [0, 0.05) is 25.2 Å². The van der Waals surface area contributed by atoms with Crippen molar-refractivity contribution in [1.82, 2.24) is 0 Å². The summed E-state index contributed by atoms with van der Waals surface area (Å²) in [5.74, 6) is 0.401. The van der Waals surface area contributed by atoms with Crippen molar-refractivity contribution in [3.05, 3.63) is 11.4 Å². The third-order valence-electron chi connectivity index (χ3n) is 8.03. The molecule has 0 unspecified atom stereocenters. The number of hydrogen-bond donors (Lipinski definition) is 1. The molecule has 3 aliphatic rings. The highest BCUT2D eigenvalue weighted by Crippen LogP contribution is 2.58. The van der Waals surface area contributed by atoms with Crippen LogP contribution in [0.2, 0.25) is 0 Å². The summed E-state index contributed by atoms with van der Waals surface area (Å²) < 4.78 is 6.68. The quantitative estimate of drug-likeness (QED) is 0.284. The van der Waals surface area contributed by atoms with E-state index in [9.17, 15) is 5.11 Å². The predicted molar refractivity (Wildman–Crippen MR) is 116 cm³/mol. The molecule has 2 saturated carbocycles. The lowest BCUT2D eigenvalue weighted by molar-refractivity contribution is -0.219. The molecule has 6 heteroatoms. The molecule has 0 aromatic heterocycles. The highest BCUT2D eigenvalue weighted by atomic mass is 35.5. The molecule has 156 valence electrons. The van der Waals surface area contributed by atoms with E-state index in [0.717, 1.165) is 32.1 Å². The SMILES string of the molecule is [C-]#[N+][C@@]1(C)CC[C@H]([C@@]2(C)CC[C@@H](Cl)C(C)(C)O2)[C@H]2[C@@H](N=C=S)[C@](C)(O)CC[C@@H]21. The zero-order chi connectivity index (χ0) is 21.0. The molecular formula is C22H33ClN2O2S. The van der Waals surface area contributed by atoms with E-state index in [-0.39, 0.29) is 34.8 Å². The van der Waals surface area contributed by atoms with Crippen LogP contribution in [0.3, 0.4) is 0 Å². The van der Waals surface area contributed by atoms with Crippen molar-refractivity contribution in [3.8, 4) is 0 Å². The number of fused-ring (bicyclic) bond motifs is 1. The lowest BCUT2D eigenvalue weighted by atomic mass is 9.51. The summed E-state index contributed by atoms with van der Waals surface area (Å²) in [4.78, 5) is 8.55. The highest BCUT2D eigenvalue weighted by Gasteiger charge is 2.63. The molecule has 1 N–H and O–H groups in total. The van der Waals surface area contributed by atoms with Gasteiger partial charge >= 0.3 is 0 Å². The van der Waals surface area contributed by atoms with Gasteiger partial charge < -0.3 is 14.7 Å². The monoisotopic (exact) mass is 424 g/mol. The fourth-order valence-electron chi connectivity index (χ4n) is 6.35. The van der Waals surface area contributed by atoms with Crippen molar-refractivity contribution in [1.29, 1.82) is 0 Å². The summed E-state index contributed by atoms with van der Waals surface area (Å²) in [6.45, 7) is 18.1. The van der Waals surface area contributed by atoms with E-state index in [1.165, 1.54) is 0 Å². The first-order valence-electron chi connectivity index (χ1n) is 10.4. The number of isothiocyanates is 1. The van der Waals surface area contributed by atoms with Gasteiger partial charge in [0.25, 0.3) is 0 Å². The van der Waals surface area contributed by atoms with Gasteiger partial charge in [-0.25, -0.2) is 11.6 Å². The maximum absolute atomic E-state index is 11.2. The summed E-state index contributed by atoms with van der Waals surface area (Å²) in [5, 5.41) is 13.7. The third-order valence-corrected chi connectivity index (χ3v) is 8.88. The van der Waals surface area contributed by atoms with Crippen LogP contribution >= 0.6 is 23.8 Å². The van der Waals surface area contributed by atoms with E-state index < -0.39 is 16.7 Å². The molecule has 4 nitrogen and oxygen atoms in total. The molecule has 3 fully saturated rings. The Kier molecular flexibility index (Phi) is 5.81. The van der Waals surface area contributed by atoms with Gasteiger partial charge in [-0.15, -0.1) is 11.6 Å². The van der Waals surface area contributed by atoms with Gasteiger partial charge in [0.15, 0.2) is 0 Å². The van der Waals surface area contributed by atoms with Crippen LogP contribution in [0.1, 0.15) is 73.1 Å². The topological polar surface area (TPSA) is 46.2 Å². The fraction of sp³-hybridized carbons (Fsp3) is 0.909. The van der Waals surface area contributed by atoms with Gasteiger partial charge in [0.1, 0.15) is 0 Å². The number of aliphatic hydroxyl groups is 1. The number of aliphatic imine (C=N–C) groups is 1. The Bertz CT molecular complexity index is 714. The molecule has 28 heavy (non-hydrogen) atoms. The van der Waals surface area contributed by atoms with Crippen molar-refractivity contribution < 1.29 is 9.84 Å². The van der Waals surface area contributed by atoms with Crippen LogP contribution < -0.4 is 0 Å². The Labute approximate surface area is 179 Å². The first-order chi connectivity index (χ1) is 12.9. The minimum atomic E-state index is -0.943. The normalized spacial score (nSPS) is 50.7. The van der Waals surface area contributed by atoms with Crippen molar-refractivity contribution in [2.75, 3.05) is 0 Å². The number of thiocarbonyl (C=S) groups is 1. The number of rotatable bonds is 2. The Morgan fingerprint density at radius 1 is 1.11 bits per heavy atom. The predicted octanol–water partition coefficient (Wildman–Crippen LogP) is 5.28. The largest absolute Gasteiger partial charge is 0.388 e. The van der Waals surface area contributed by atoms with Gasteiger partial charge in [-0.3, -0.25) is 0 Å². The van der Waals surface area contributed by atoms with Crippen molar-refractivity contribution >= 4 is 29.0 Å². The second-order valence-electron chi connectivity index (χ2n) is 10.4. The van der Waals surface area contributed by atoms with Crippen LogP contribution in [0.25, 0.3) is 4.85 Å². The third kappa shape index (κ3) is 3.57. The summed E-state index contributed by atoms with van der Waals surface area (Å²) in [7, 11) is 0. The van der Waals surface area contributed by atoms with E-state index in [0.29, 0.717) is 6.42 Å². The van der Waals surface area contributed by atoms with E-state index in [1.54, 1.807) is 0 Å². The van der Waals surface area contributed by atoms with Gasteiger partial charge in [0.05, 0.1) is 33.4 Å². The van der Waals surface area contributed by atoms with Crippen LogP contribution in [0, 0.1) is 24.3 Å². The molecule has 1 aliphatic heterocycles. The molecule has 0 spiro atoms. The van der Waals surface area contributed by atoms with Gasteiger partial charge in [-0.05, 0) is 77.9 Å². The maximum Gasteiger partial charge on any atom is 0.233 e. The van der Waals surface area contributed by atoms with Gasteiger partial charge in [-0.2, -0.15) is 0 Å². The average molecular weight is 425 g/mol. The highest BCUT2D eigenvalue weighted by molar-refractivity contribution is 7.78. The van der Waals surface area contributed by atoms with Crippen LogP contribution in [0.15, 0.2) is 4.99 Å². The smallest absolute Gasteiger partial charge is 0.233 e. The Morgan fingerprint density at radius 2 is 1.75 bits per heavy atom. The minimum Gasteiger partial charge on any atom is -0.388 e. The second kappa shape index (κ2) is 7.33. The summed E-state index contributed by atoms with van der Waals surface area (Å²) >= 11 is 11.5. The molecule has 1 saturated heterocycles. The first kappa shape index (κ1) is 22.2. The molecular weight excluding hydrogens is 392 g/mol. The lowest BCUT2D eigenvalue weighted by Crippen LogP contribution is -2.64. The Hall–Kier alpha value is -0.500. The average Bonchev–Trinajstić information content (AvgIpc) is 2.60. The fourth-order valence-corrected chi connectivity index (χ4v) is 6.61. The van der Waals surface area contributed by atoms with E-state index >= 15 is 0 Å². The summed E-state index contributed by atoms with van der Waals surface area (Å²) in [5.41, 5.74) is -2.14. The number of ether oxygens (including phenoxy) is 1. The number of halogens is 1. The Balaban J connectivity index is 2.06. The van der Waals surface area contributed by atoms with E-state index in [4.69, 9.17) is 35.1 Å². The van der Waals surface area contributed by atoms with Crippen molar-refractivity contribution in [2.45, 2.75) is 107 Å². The molecule has 0 aromatic rings. The van der Waals surface area contributed by atoms with Gasteiger partial charge in [-0.1, -0.05) is 0 Å². The molecule has 1 heterocycles. The van der Waals surface area contributed by atoms with Crippen LogP contribution in [-0.4, -0.2) is 44.0 Å². The molecule has 0 bridgehead atoms. The number of alkyl halides is 1. The van der Waals surface area contributed by atoms with E-state index in [2.05, 4.69) is 42.7 Å². The number of nitrogens with zero attached hydrogens (tertiary/aromatic N) is 2. The minimum absolute atomic E-state index is 0.0160. The summed E-state index contributed by atoms with van der Waals surface area (Å²) in [6.07, 6.45) is 4.97.